The molecule has 0 radical (unpaired) electrons. The Balaban J connectivity index is 1.23. The Morgan fingerprint density at radius 2 is 2.10 bits per heavy atom. The first-order valence-electron chi connectivity index (χ1n) is 11.3. The van der Waals surface area contributed by atoms with E-state index < -0.39 is 0 Å². The van der Waals surface area contributed by atoms with Gasteiger partial charge in [-0.05, 0) is 50.2 Å². The molecule has 2 atom stereocenters. The summed E-state index contributed by atoms with van der Waals surface area (Å²) in [6, 6.07) is 4.43. The molecule has 0 aliphatic carbocycles. The highest BCUT2D eigenvalue weighted by Gasteiger charge is 2.24. The first-order chi connectivity index (χ1) is 14.3. The van der Waals surface area contributed by atoms with E-state index >= 15 is 0 Å². The summed E-state index contributed by atoms with van der Waals surface area (Å²) in [6.07, 6.45) is 8.66. The summed E-state index contributed by atoms with van der Waals surface area (Å²) in [5, 5.41) is 7.17. The zero-order valence-electron chi connectivity index (χ0n) is 17.5. The van der Waals surface area contributed by atoms with Gasteiger partial charge in [-0.3, -0.25) is 4.99 Å². The van der Waals surface area contributed by atoms with E-state index in [-0.39, 0.29) is 6.10 Å². The van der Waals surface area contributed by atoms with Crippen molar-refractivity contribution in [1.82, 2.24) is 15.5 Å². The van der Waals surface area contributed by atoms with Gasteiger partial charge in [-0.2, -0.15) is 0 Å². The summed E-state index contributed by atoms with van der Waals surface area (Å²) in [4.78, 5) is 7.43. The van der Waals surface area contributed by atoms with Gasteiger partial charge in [0.05, 0.1) is 25.5 Å². The van der Waals surface area contributed by atoms with Crippen molar-refractivity contribution in [1.29, 1.82) is 0 Å². The Kier molecular flexibility index (Phi) is 7.84. The largest absolute Gasteiger partial charge is 0.469 e. The fourth-order valence-electron chi connectivity index (χ4n) is 4.44. The molecule has 29 heavy (non-hydrogen) atoms. The normalized spacial score (nSPS) is 26.8. The third-order valence-corrected chi connectivity index (χ3v) is 6.19. The second-order valence-electron chi connectivity index (χ2n) is 8.53. The van der Waals surface area contributed by atoms with Gasteiger partial charge < -0.3 is 29.4 Å². The maximum atomic E-state index is 5.74. The summed E-state index contributed by atoms with van der Waals surface area (Å²) in [6.45, 7) is 7.79. The molecule has 4 rings (SSSR count). The van der Waals surface area contributed by atoms with Gasteiger partial charge in [0, 0.05) is 51.9 Å². The highest BCUT2D eigenvalue weighted by molar-refractivity contribution is 5.80. The summed E-state index contributed by atoms with van der Waals surface area (Å²) < 4.78 is 16.7. The Bertz CT molecular complexity index is 602. The SMILES string of the molecule is c1coc(CCNC(=NCC2CCCO2)NC2CCN(CC3CCOC3)CC2)c1. The molecule has 0 bridgehead atoms. The molecular formula is C22H36N4O3. The van der Waals surface area contributed by atoms with E-state index in [1.807, 2.05) is 12.1 Å². The van der Waals surface area contributed by atoms with Crippen LogP contribution in [0.3, 0.4) is 0 Å². The molecule has 0 amide bonds. The third-order valence-electron chi connectivity index (χ3n) is 6.19. The van der Waals surface area contributed by atoms with Crippen molar-refractivity contribution in [2.45, 2.75) is 50.7 Å². The van der Waals surface area contributed by atoms with Crippen LogP contribution < -0.4 is 10.6 Å². The quantitative estimate of drug-likeness (QED) is 0.510. The molecule has 3 aliphatic rings. The number of ether oxygens (including phenoxy) is 2. The van der Waals surface area contributed by atoms with Crippen molar-refractivity contribution in [3.63, 3.8) is 0 Å². The van der Waals surface area contributed by atoms with Gasteiger partial charge >= 0.3 is 0 Å². The molecule has 2 unspecified atom stereocenters. The van der Waals surface area contributed by atoms with Gasteiger partial charge in [-0.1, -0.05) is 0 Å². The van der Waals surface area contributed by atoms with Crippen LogP contribution in [0, 0.1) is 5.92 Å². The fraction of sp³-hybridized carbons (Fsp3) is 0.773. The van der Waals surface area contributed by atoms with E-state index in [9.17, 15) is 0 Å². The number of nitrogens with zero attached hydrogens (tertiary/aromatic N) is 2. The van der Waals surface area contributed by atoms with E-state index in [0.717, 1.165) is 95.7 Å². The number of piperidine rings is 1. The number of furan rings is 1. The average Bonchev–Trinajstić information content (AvgIpc) is 3.51. The third kappa shape index (κ3) is 6.73. The molecule has 1 aromatic heterocycles. The van der Waals surface area contributed by atoms with Gasteiger partial charge in [0.25, 0.3) is 0 Å². The van der Waals surface area contributed by atoms with E-state index in [1.54, 1.807) is 6.26 Å². The molecule has 2 N–H and O–H groups in total. The topological polar surface area (TPSA) is 71.3 Å². The molecule has 7 nitrogen and oxygen atoms in total. The summed E-state index contributed by atoms with van der Waals surface area (Å²) in [7, 11) is 0. The van der Waals surface area contributed by atoms with Gasteiger partial charge in [0.15, 0.2) is 5.96 Å². The molecule has 0 spiro atoms. The second kappa shape index (κ2) is 11.0. The van der Waals surface area contributed by atoms with Gasteiger partial charge in [0.1, 0.15) is 5.76 Å². The Labute approximate surface area is 174 Å². The van der Waals surface area contributed by atoms with Crippen LogP contribution in [0.15, 0.2) is 27.8 Å². The summed E-state index contributed by atoms with van der Waals surface area (Å²) in [5.74, 6) is 2.64. The van der Waals surface area contributed by atoms with E-state index in [0.29, 0.717) is 6.04 Å². The monoisotopic (exact) mass is 404 g/mol. The maximum absolute atomic E-state index is 5.74. The standard InChI is InChI=1S/C22H36N4O3/c1-3-20(28-12-1)5-9-23-22(24-15-21-4-2-13-29-21)25-19-6-10-26(11-7-19)16-18-8-14-27-17-18/h1,3,12,18-19,21H,2,4-11,13-17H2,(H2,23,24,25). The molecule has 0 saturated carbocycles. The minimum Gasteiger partial charge on any atom is -0.469 e. The molecule has 3 saturated heterocycles. The Morgan fingerprint density at radius 3 is 2.83 bits per heavy atom. The van der Waals surface area contributed by atoms with Crippen molar-refractivity contribution in [2.75, 3.05) is 52.5 Å². The van der Waals surface area contributed by atoms with E-state index in [4.69, 9.17) is 18.9 Å². The van der Waals surface area contributed by atoms with Crippen molar-refractivity contribution in [2.24, 2.45) is 10.9 Å². The van der Waals surface area contributed by atoms with Gasteiger partial charge in [0.2, 0.25) is 0 Å². The molecular weight excluding hydrogens is 368 g/mol. The first kappa shape index (κ1) is 20.7. The van der Waals surface area contributed by atoms with Crippen LogP contribution in [0.2, 0.25) is 0 Å². The molecule has 3 fully saturated rings. The van der Waals surface area contributed by atoms with E-state index in [2.05, 4.69) is 15.5 Å². The van der Waals surface area contributed by atoms with Crippen molar-refractivity contribution < 1.29 is 13.9 Å². The van der Waals surface area contributed by atoms with E-state index in [1.165, 1.54) is 13.0 Å². The lowest BCUT2D eigenvalue weighted by atomic mass is 10.0. The number of nitrogens with one attached hydrogen (secondary N) is 2. The number of hydrogen-bond acceptors (Lipinski definition) is 5. The number of hydrogen-bond donors (Lipinski definition) is 2. The minimum atomic E-state index is 0.272. The number of aliphatic imine (C=N–C) groups is 1. The van der Waals surface area contributed by atoms with Crippen LogP contribution in [0.25, 0.3) is 0 Å². The average molecular weight is 405 g/mol. The van der Waals surface area contributed by atoms with Crippen LogP contribution in [-0.2, 0) is 15.9 Å². The lowest BCUT2D eigenvalue weighted by Crippen LogP contribution is -2.49. The number of guanidine groups is 1. The highest BCUT2D eigenvalue weighted by atomic mass is 16.5. The molecule has 0 aromatic carbocycles. The van der Waals surface area contributed by atoms with Crippen LogP contribution >= 0.6 is 0 Å². The molecule has 1 aromatic rings. The highest BCUT2D eigenvalue weighted by Crippen LogP contribution is 2.18. The molecule has 7 heteroatoms. The second-order valence-corrected chi connectivity index (χ2v) is 8.53. The lowest BCUT2D eigenvalue weighted by Gasteiger charge is -2.34. The molecule has 162 valence electrons. The van der Waals surface area contributed by atoms with Crippen LogP contribution in [0.5, 0.6) is 0 Å². The van der Waals surface area contributed by atoms with Crippen molar-refractivity contribution in [3.05, 3.63) is 24.2 Å². The number of likely N-dealkylation sites (tertiary alicyclic amines) is 1. The van der Waals surface area contributed by atoms with Crippen LogP contribution in [-0.4, -0.2) is 75.5 Å². The Hall–Kier alpha value is -1.57. The lowest BCUT2D eigenvalue weighted by molar-refractivity contribution is 0.117. The smallest absolute Gasteiger partial charge is 0.191 e. The van der Waals surface area contributed by atoms with Gasteiger partial charge in [-0.25, -0.2) is 0 Å². The van der Waals surface area contributed by atoms with Crippen LogP contribution in [0.1, 0.15) is 37.9 Å². The maximum Gasteiger partial charge on any atom is 0.191 e. The predicted molar refractivity (Wildman–Crippen MR) is 113 cm³/mol. The summed E-state index contributed by atoms with van der Waals surface area (Å²) in [5.41, 5.74) is 0. The molecule has 4 heterocycles. The summed E-state index contributed by atoms with van der Waals surface area (Å²) >= 11 is 0. The zero-order chi connectivity index (χ0) is 19.7. The van der Waals surface area contributed by atoms with Crippen LogP contribution in [0.4, 0.5) is 0 Å². The molecule has 3 aliphatic heterocycles. The fourth-order valence-corrected chi connectivity index (χ4v) is 4.44. The minimum absolute atomic E-state index is 0.272. The van der Waals surface area contributed by atoms with Gasteiger partial charge in [-0.15, -0.1) is 0 Å². The predicted octanol–water partition coefficient (Wildman–Crippen LogP) is 2.04. The Morgan fingerprint density at radius 1 is 1.17 bits per heavy atom. The first-order valence-corrected chi connectivity index (χ1v) is 11.3. The van der Waals surface area contributed by atoms with Crippen molar-refractivity contribution >= 4 is 5.96 Å². The zero-order valence-corrected chi connectivity index (χ0v) is 17.5. The number of rotatable bonds is 8. The van der Waals surface area contributed by atoms with Crippen molar-refractivity contribution in [3.8, 4) is 0 Å².